The van der Waals surface area contributed by atoms with E-state index in [1.54, 1.807) is 7.11 Å². The molecule has 1 aromatic rings. The molecule has 2 aliphatic rings. The van der Waals surface area contributed by atoms with Gasteiger partial charge >= 0.3 is 0 Å². The Morgan fingerprint density at radius 3 is 1.81 bits per heavy atom. The Balaban J connectivity index is 0.000000134. The van der Waals surface area contributed by atoms with Crippen molar-refractivity contribution in [2.45, 2.75) is 0 Å². The van der Waals surface area contributed by atoms with Crippen LogP contribution in [0.5, 0.6) is 5.75 Å². The van der Waals surface area contributed by atoms with Gasteiger partial charge in [0.05, 0.1) is 12.7 Å². The molecule has 0 spiro atoms. The fourth-order valence-corrected chi connectivity index (χ4v) is 1.43. The summed E-state index contributed by atoms with van der Waals surface area (Å²) in [6.45, 7) is 0. The Bertz CT molecular complexity index is 497. The molecule has 2 aliphatic carbocycles. The Labute approximate surface area is 95.7 Å². The number of rotatable bonds is 1. The molecular weight excluding hydrogens is 196 g/mol. The van der Waals surface area contributed by atoms with Gasteiger partial charge in [0.1, 0.15) is 5.75 Å². The maximum atomic E-state index is 5.20. The van der Waals surface area contributed by atoms with Gasteiger partial charge in [0, 0.05) is 0 Å². The molecule has 0 unspecified atom stereocenters. The van der Waals surface area contributed by atoms with Gasteiger partial charge in [-0.05, 0) is 23.3 Å². The standard InChI is InChI=1S/C9H8O.C6H4/c1-3-8-6-4-5-7-9(8)10-2;1-2-6-4-3-5(1)6/h1,4-7H,2H3;1-4H. The quantitative estimate of drug-likeness (QED) is 0.557. The molecular formula is C15H12O. The van der Waals surface area contributed by atoms with E-state index < -0.39 is 0 Å². The third-order valence-corrected chi connectivity index (χ3v) is 2.48. The van der Waals surface area contributed by atoms with E-state index in [1.165, 1.54) is 11.1 Å². The number of ether oxygens (including phenoxy) is 1. The van der Waals surface area contributed by atoms with Crippen molar-refractivity contribution in [3.05, 3.63) is 54.1 Å². The molecule has 0 fully saturated rings. The highest BCUT2D eigenvalue weighted by molar-refractivity contribution is 5.75. The molecule has 0 heterocycles. The summed E-state index contributed by atoms with van der Waals surface area (Å²) < 4.78 is 4.99. The van der Waals surface area contributed by atoms with Crippen LogP contribution in [0.1, 0.15) is 5.56 Å². The zero-order chi connectivity index (χ0) is 11.4. The highest BCUT2D eigenvalue weighted by atomic mass is 16.5. The van der Waals surface area contributed by atoms with E-state index >= 15 is 0 Å². The van der Waals surface area contributed by atoms with Gasteiger partial charge in [-0.15, -0.1) is 6.42 Å². The molecule has 0 saturated heterocycles. The van der Waals surface area contributed by atoms with E-state index in [9.17, 15) is 0 Å². The third kappa shape index (κ3) is 1.92. The average molecular weight is 208 g/mol. The molecule has 78 valence electrons. The summed E-state index contributed by atoms with van der Waals surface area (Å²) in [7, 11) is 1.61. The molecule has 0 bridgehead atoms. The van der Waals surface area contributed by atoms with Crippen LogP contribution in [0.4, 0.5) is 0 Å². The van der Waals surface area contributed by atoms with Crippen LogP contribution in [0.3, 0.4) is 0 Å². The lowest BCUT2D eigenvalue weighted by molar-refractivity contribution is 0.413. The lowest BCUT2D eigenvalue weighted by Crippen LogP contribution is -1.85. The summed E-state index contributed by atoms with van der Waals surface area (Å²) in [4.78, 5) is 0. The van der Waals surface area contributed by atoms with E-state index in [2.05, 4.69) is 30.2 Å². The van der Waals surface area contributed by atoms with Crippen LogP contribution in [0.2, 0.25) is 0 Å². The van der Waals surface area contributed by atoms with Crippen molar-refractivity contribution < 1.29 is 4.74 Å². The van der Waals surface area contributed by atoms with Gasteiger partial charge in [0.25, 0.3) is 0 Å². The van der Waals surface area contributed by atoms with Crippen LogP contribution in [0, 0.1) is 12.3 Å². The summed E-state index contributed by atoms with van der Waals surface area (Å²) in [6.07, 6.45) is 5.20. The maximum absolute atomic E-state index is 5.20. The molecule has 0 amide bonds. The van der Waals surface area contributed by atoms with Crippen molar-refractivity contribution in [2.24, 2.45) is 0 Å². The minimum atomic E-state index is 0.755. The second-order valence-electron chi connectivity index (χ2n) is 3.42. The zero-order valence-electron chi connectivity index (χ0n) is 9.10. The third-order valence-electron chi connectivity index (χ3n) is 2.48. The van der Waals surface area contributed by atoms with Gasteiger partial charge in [-0.2, -0.15) is 0 Å². The number of methoxy groups -OCH3 is 1. The van der Waals surface area contributed by atoms with Crippen LogP contribution in [0.25, 0.3) is 11.1 Å². The summed E-state index contributed by atoms with van der Waals surface area (Å²) in [5.41, 5.74) is 3.65. The van der Waals surface area contributed by atoms with Gasteiger partial charge in [-0.3, -0.25) is 0 Å². The fourth-order valence-electron chi connectivity index (χ4n) is 1.43. The number of terminal acetylenes is 1. The molecule has 0 atom stereocenters. The first-order chi connectivity index (χ1) is 7.85. The first-order valence-electron chi connectivity index (χ1n) is 5.05. The highest BCUT2D eigenvalue weighted by Crippen LogP contribution is 2.29. The Kier molecular flexibility index (Phi) is 2.93. The largest absolute Gasteiger partial charge is 0.495 e. The number of para-hydroxylation sites is 1. The normalized spacial score (nSPS) is 9.50. The van der Waals surface area contributed by atoms with E-state index in [-0.39, 0.29) is 0 Å². The lowest BCUT2D eigenvalue weighted by atomic mass is 9.95. The van der Waals surface area contributed by atoms with Crippen molar-refractivity contribution in [3.8, 4) is 29.2 Å². The van der Waals surface area contributed by atoms with Crippen LogP contribution < -0.4 is 4.74 Å². The predicted octanol–water partition coefficient (Wildman–Crippen LogP) is 3.34. The number of hydrogen-bond acceptors (Lipinski definition) is 1. The summed E-state index contributed by atoms with van der Waals surface area (Å²) in [5.74, 6) is 3.28. The molecule has 0 aromatic heterocycles. The van der Waals surface area contributed by atoms with Crippen LogP contribution in [-0.4, -0.2) is 7.11 Å². The van der Waals surface area contributed by atoms with Crippen molar-refractivity contribution >= 4 is 0 Å². The SMILES string of the molecule is C#Cc1ccccc1OC.c1cc2ccc1-2. The van der Waals surface area contributed by atoms with Gasteiger partial charge in [-0.25, -0.2) is 0 Å². The van der Waals surface area contributed by atoms with E-state index in [1.807, 2.05) is 24.3 Å². The average Bonchev–Trinajstić information content (AvgIpc) is 2.34. The lowest BCUT2D eigenvalue weighted by Gasteiger charge is -2.10. The summed E-state index contributed by atoms with van der Waals surface area (Å²) in [5, 5.41) is 0. The van der Waals surface area contributed by atoms with Gasteiger partial charge < -0.3 is 4.74 Å². The Morgan fingerprint density at radius 1 is 0.938 bits per heavy atom. The maximum Gasteiger partial charge on any atom is 0.134 e. The van der Waals surface area contributed by atoms with Crippen LogP contribution in [0.15, 0.2) is 48.5 Å². The minimum Gasteiger partial charge on any atom is -0.495 e. The fraction of sp³-hybridized carbons (Fsp3) is 0.0667. The molecule has 1 heteroatoms. The smallest absolute Gasteiger partial charge is 0.134 e. The second kappa shape index (κ2) is 4.55. The van der Waals surface area contributed by atoms with Crippen molar-refractivity contribution in [1.82, 2.24) is 0 Å². The van der Waals surface area contributed by atoms with Crippen LogP contribution >= 0.6 is 0 Å². The van der Waals surface area contributed by atoms with Crippen LogP contribution in [-0.2, 0) is 0 Å². The van der Waals surface area contributed by atoms with Crippen molar-refractivity contribution in [3.63, 3.8) is 0 Å². The van der Waals surface area contributed by atoms with Crippen molar-refractivity contribution in [2.75, 3.05) is 7.11 Å². The first kappa shape index (κ1) is 10.3. The second-order valence-corrected chi connectivity index (χ2v) is 3.42. The van der Waals surface area contributed by atoms with Gasteiger partial charge in [-0.1, -0.05) is 42.3 Å². The molecule has 0 radical (unpaired) electrons. The number of benzene rings is 2. The van der Waals surface area contributed by atoms with E-state index in [0.717, 1.165) is 11.3 Å². The summed E-state index contributed by atoms with van der Waals surface area (Å²) in [6, 6.07) is 15.9. The molecule has 0 saturated carbocycles. The van der Waals surface area contributed by atoms with Gasteiger partial charge in [0.2, 0.25) is 0 Å². The molecule has 3 rings (SSSR count). The first-order valence-corrected chi connectivity index (χ1v) is 5.05. The minimum absolute atomic E-state index is 0.755. The van der Waals surface area contributed by atoms with Gasteiger partial charge in [0.15, 0.2) is 0 Å². The molecule has 1 nitrogen and oxygen atoms in total. The molecule has 0 N–H and O–H groups in total. The highest BCUT2D eigenvalue weighted by Gasteiger charge is 2.03. The Hall–Kier alpha value is -2.20. The van der Waals surface area contributed by atoms with Crippen molar-refractivity contribution in [1.29, 1.82) is 0 Å². The number of fused-ring (bicyclic) bond motifs is 1. The molecule has 16 heavy (non-hydrogen) atoms. The number of hydrogen-bond donors (Lipinski definition) is 0. The summed E-state index contributed by atoms with van der Waals surface area (Å²) >= 11 is 0. The van der Waals surface area contributed by atoms with E-state index in [0.29, 0.717) is 0 Å². The molecule has 1 aromatic carbocycles. The topological polar surface area (TPSA) is 9.23 Å². The Morgan fingerprint density at radius 2 is 1.50 bits per heavy atom. The predicted molar refractivity (Wildman–Crippen MR) is 66.4 cm³/mol. The molecule has 0 aliphatic heterocycles. The van der Waals surface area contributed by atoms with E-state index in [4.69, 9.17) is 11.2 Å². The zero-order valence-corrected chi connectivity index (χ0v) is 9.10. The monoisotopic (exact) mass is 208 g/mol.